The fraction of sp³-hybridized carbons (Fsp3) is 0.200. The average Bonchev–Trinajstić information content (AvgIpc) is 2.96. The average molecular weight is 441 g/mol. The van der Waals surface area contributed by atoms with Crippen LogP contribution in [0.1, 0.15) is 17.0 Å². The standard InChI is InChI=1S/C20H19N5O5S/c1-12-4-6-17(7-5-12)31-18-9-15(8-16(10-18)24(27)28)21-19(26)11-23-14(3)20(25(29)30)13(2)22-23/h4-10H,11H2,1-3H3,(H,21,26). The van der Waals surface area contributed by atoms with E-state index in [1.165, 1.54) is 42.4 Å². The van der Waals surface area contributed by atoms with Gasteiger partial charge in [-0.3, -0.25) is 29.7 Å². The predicted molar refractivity (Wildman–Crippen MR) is 115 cm³/mol. The molecule has 2 aromatic carbocycles. The van der Waals surface area contributed by atoms with Crippen molar-refractivity contribution in [3.8, 4) is 0 Å². The number of non-ortho nitro benzene ring substituents is 1. The van der Waals surface area contributed by atoms with E-state index in [0.717, 1.165) is 10.5 Å². The largest absolute Gasteiger partial charge is 0.324 e. The first kappa shape index (κ1) is 22.0. The number of amides is 1. The van der Waals surface area contributed by atoms with E-state index in [2.05, 4.69) is 10.4 Å². The number of aryl methyl sites for hydroxylation is 2. The third-order valence-electron chi connectivity index (χ3n) is 4.46. The number of carbonyl (C=O) groups excluding carboxylic acids is 1. The van der Waals surface area contributed by atoms with Crippen LogP contribution in [0.15, 0.2) is 52.3 Å². The van der Waals surface area contributed by atoms with Gasteiger partial charge < -0.3 is 5.32 Å². The van der Waals surface area contributed by atoms with Crippen LogP contribution in [0.25, 0.3) is 0 Å². The van der Waals surface area contributed by atoms with E-state index in [1.807, 2.05) is 31.2 Å². The van der Waals surface area contributed by atoms with Gasteiger partial charge in [-0.15, -0.1) is 0 Å². The Bertz CT molecular complexity index is 1170. The van der Waals surface area contributed by atoms with Gasteiger partial charge in [-0.2, -0.15) is 5.10 Å². The van der Waals surface area contributed by atoms with Crippen molar-refractivity contribution >= 4 is 34.7 Å². The van der Waals surface area contributed by atoms with Gasteiger partial charge in [0.2, 0.25) is 5.91 Å². The summed E-state index contributed by atoms with van der Waals surface area (Å²) in [5, 5.41) is 29.1. The molecule has 160 valence electrons. The van der Waals surface area contributed by atoms with Gasteiger partial charge in [0, 0.05) is 27.6 Å². The van der Waals surface area contributed by atoms with Crippen molar-refractivity contribution < 1.29 is 14.6 Å². The number of nitro benzene ring substituents is 1. The molecule has 31 heavy (non-hydrogen) atoms. The topological polar surface area (TPSA) is 133 Å². The number of nitrogens with zero attached hydrogens (tertiary/aromatic N) is 4. The Morgan fingerprint density at radius 2 is 1.71 bits per heavy atom. The Morgan fingerprint density at radius 3 is 2.29 bits per heavy atom. The first-order valence-corrected chi connectivity index (χ1v) is 9.98. The number of benzene rings is 2. The highest BCUT2D eigenvalue weighted by molar-refractivity contribution is 7.99. The number of nitro groups is 2. The first-order valence-electron chi connectivity index (χ1n) is 9.16. The van der Waals surface area contributed by atoms with Gasteiger partial charge in [-0.05, 0) is 39.0 Å². The number of hydrogen-bond acceptors (Lipinski definition) is 7. The molecule has 3 aromatic rings. The lowest BCUT2D eigenvalue weighted by atomic mass is 10.2. The van der Waals surface area contributed by atoms with Crippen LogP contribution in [-0.4, -0.2) is 25.5 Å². The van der Waals surface area contributed by atoms with Crippen LogP contribution in [-0.2, 0) is 11.3 Å². The summed E-state index contributed by atoms with van der Waals surface area (Å²) < 4.78 is 1.24. The van der Waals surface area contributed by atoms with Crippen LogP contribution >= 0.6 is 11.8 Å². The van der Waals surface area contributed by atoms with E-state index in [4.69, 9.17) is 0 Å². The summed E-state index contributed by atoms with van der Waals surface area (Å²) in [6.45, 7) is 4.71. The van der Waals surface area contributed by atoms with Crippen LogP contribution in [0, 0.1) is 41.0 Å². The predicted octanol–water partition coefficient (Wildman–Crippen LogP) is 4.41. The van der Waals surface area contributed by atoms with Gasteiger partial charge in [0.05, 0.1) is 9.85 Å². The molecule has 0 aliphatic heterocycles. The minimum atomic E-state index is -0.540. The first-order chi connectivity index (χ1) is 14.6. The summed E-state index contributed by atoms with van der Waals surface area (Å²) in [7, 11) is 0. The molecule has 10 nitrogen and oxygen atoms in total. The Morgan fingerprint density at radius 1 is 1.03 bits per heavy atom. The van der Waals surface area contributed by atoms with Crippen molar-refractivity contribution in [3.63, 3.8) is 0 Å². The number of aromatic nitrogens is 2. The van der Waals surface area contributed by atoms with Crippen LogP contribution in [0.5, 0.6) is 0 Å². The van der Waals surface area contributed by atoms with Crippen molar-refractivity contribution in [2.45, 2.75) is 37.1 Å². The number of rotatable bonds is 7. The molecule has 11 heteroatoms. The lowest BCUT2D eigenvalue weighted by Crippen LogP contribution is -2.20. The van der Waals surface area contributed by atoms with Gasteiger partial charge >= 0.3 is 5.69 Å². The van der Waals surface area contributed by atoms with Gasteiger partial charge in [0.25, 0.3) is 5.69 Å². The summed E-state index contributed by atoms with van der Waals surface area (Å²) >= 11 is 1.34. The minimum Gasteiger partial charge on any atom is -0.324 e. The second-order valence-corrected chi connectivity index (χ2v) is 8.02. The lowest BCUT2D eigenvalue weighted by Gasteiger charge is -2.09. The zero-order valence-corrected chi connectivity index (χ0v) is 17.8. The maximum atomic E-state index is 12.5. The number of nitrogens with one attached hydrogen (secondary N) is 1. The highest BCUT2D eigenvalue weighted by atomic mass is 32.2. The maximum Gasteiger partial charge on any atom is 0.312 e. The van der Waals surface area contributed by atoms with E-state index in [1.54, 1.807) is 6.07 Å². The van der Waals surface area contributed by atoms with E-state index >= 15 is 0 Å². The summed E-state index contributed by atoms with van der Waals surface area (Å²) in [4.78, 5) is 35.4. The van der Waals surface area contributed by atoms with Crippen molar-refractivity contribution in [2.24, 2.45) is 0 Å². The summed E-state index contributed by atoms with van der Waals surface area (Å²) in [5.74, 6) is -0.507. The van der Waals surface area contributed by atoms with Crippen LogP contribution < -0.4 is 5.32 Å². The lowest BCUT2D eigenvalue weighted by molar-refractivity contribution is -0.386. The van der Waals surface area contributed by atoms with Gasteiger partial charge in [-0.25, -0.2) is 0 Å². The normalized spacial score (nSPS) is 10.7. The molecule has 0 spiro atoms. The SMILES string of the molecule is Cc1ccc(Sc2cc(NC(=O)Cn3nc(C)c([N+](=O)[O-])c3C)cc([N+](=O)[O-])c2)cc1. The zero-order chi connectivity index (χ0) is 22.7. The van der Waals surface area contributed by atoms with E-state index in [-0.39, 0.29) is 35.0 Å². The second kappa shape index (κ2) is 8.96. The molecule has 3 rings (SSSR count). The molecular weight excluding hydrogens is 422 g/mol. The van der Waals surface area contributed by atoms with Gasteiger partial charge in [0.15, 0.2) is 0 Å². The Balaban J connectivity index is 1.81. The van der Waals surface area contributed by atoms with Crippen LogP contribution in [0.3, 0.4) is 0 Å². The number of carbonyl (C=O) groups is 1. The molecule has 0 radical (unpaired) electrons. The summed E-state index contributed by atoms with van der Waals surface area (Å²) in [5.41, 5.74) is 1.52. The van der Waals surface area contributed by atoms with Crippen LogP contribution in [0.2, 0.25) is 0 Å². The van der Waals surface area contributed by atoms with E-state index in [0.29, 0.717) is 4.90 Å². The molecule has 1 heterocycles. The van der Waals surface area contributed by atoms with Gasteiger partial charge in [-0.1, -0.05) is 29.5 Å². The third kappa shape index (κ3) is 5.25. The highest BCUT2D eigenvalue weighted by Gasteiger charge is 2.23. The Kier molecular flexibility index (Phi) is 6.35. The summed E-state index contributed by atoms with van der Waals surface area (Å²) in [6.07, 6.45) is 0. The summed E-state index contributed by atoms with van der Waals surface area (Å²) in [6, 6.07) is 12.0. The van der Waals surface area contributed by atoms with Crippen LogP contribution in [0.4, 0.5) is 17.1 Å². The van der Waals surface area contributed by atoms with E-state index < -0.39 is 15.8 Å². The molecule has 0 saturated heterocycles. The second-order valence-electron chi connectivity index (χ2n) is 6.87. The molecule has 1 N–H and O–H groups in total. The van der Waals surface area contributed by atoms with Gasteiger partial charge in [0.1, 0.15) is 17.9 Å². The van der Waals surface area contributed by atoms with Crippen molar-refractivity contribution in [2.75, 3.05) is 5.32 Å². The fourth-order valence-corrected chi connectivity index (χ4v) is 3.91. The quantitative estimate of drug-likeness (QED) is 0.424. The molecule has 0 aliphatic rings. The molecule has 0 fully saturated rings. The molecule has 0 atom stereocenters. The number of hydrogen-bond donors (Lipinski definition) is 1. The fourth-order valence-electron chi connectivity index (χ4n) is 3.00. The molecule has 0 bridgehead atoms. The number of anilines is 1. The Hall–Kier alpha value is -3.73. The monoisotopic (exact) mass is 441 g/mol. The molecule has 0 saturated carbocycles. The molecular formula is C20H19N5O5S. The minimum absolute atomic E-state index is 0.139. The van der Waals surface area contributed by atoms with Crippen molar-refractivity contribution in [1.29, 1.82) is 0 Å². The van der Waals surface area contributed by atoms with Crippen molar-refractivity contribution in [3.05, 3.63) is 79.6 Å². The van der Waals surface area contributed by atoms with E-state index in [9.17, 15) is 25.0 Å². The highest BCUT2D eigenvalue weighted by Crippen LogP contribution is 2.33. The molecule has 1 amide bonds. The Labute approximate surface area is 181 Å². The molecule has 1 aromatic heterocycles. The smallest absolute Gasteiger partial charge is 0.312 e. The van der Waals surface area contributed by atoms with Crippen molar-refractivity contribution in [1.82, 2.24) is 9.78 Å². The molecule has 0 aliphatic carbocycles. The maximum absolute atomic E-state index is 12.5. The zero-order valence-electron chi connectivity index (χ0n) is 17.0. The molecule has 0 unspecified atom stereocenters. The third-order valence-corrected chi connectivity index (χ3v) is 5.44.